The van der Waals surface area contributed by atoms with E-state index >= 15 is 0 Å². The first-order chi connectivity index (χ1) is 11.7. The summed E-state index contributed by atoms with van der Waals surface area (Å²) in [7, 11) is 1.87. The molecule has 1 heterocycles. The predicted octanol–water partition coefficient (Wildman–Crippen LogP) is 2.73. The van der Waals surface area contributed by atoms with Crippen molar-refractivity contribution in [2.75, 3.05) is 18.8 Å². The number of guanidine groups is 1. The van der Waals surface area contributed by atoms with Crippen LogP contribution in [0, 0.1) is 6.92 Å². The fourth-order valence-corrected chi connectivity index (χ4v) is 2.89. The van der Waals surface area contributed by atoms with Gasteiger partial charge in [0.1, 0.15) is 18.7 Å². The second-order valence-electron chi connectivity index (χ2n) is 5.46. The number of aryl methyl sites for hydroxylation is 2. The first-order valence-electron chi connectivity index (χ1n) is 8.17. The van der Waals surface area contributed by atoms with Crippen LogP contribution < -0.4 is 10.6 Å². The van der Waals surface area contributed by atoms with Crippen molar-refractivity contribution in [2.45, 2.75) is 26.1 Å². The Morgan fingerprint density at radius 3 is 2.64 bits per heavy atom. The Hall–Kier alpha value is -1.29. The first-order valence-corrected chi connectivity index (χ1v) is 9.33. The highest BCUT2D eigenvalue weighted by Crippen LogP contribution is 2.12. The first kappa shape index (κ1) is 21.8. The second kappa shape index (κ2) is 12.1. The topological polar surface area (TPSA) is 67.1 Å². The molecule has 0 fully saturated rings. The Kier molecular flexibility index (Phi) is 10.6. The highest BCUT2D eigenvalue weighted by Gasteiger charge is 2.01. The van der Waals surface area contributed by atoms with Crippen molar-refractivity contribution in [3.8, 4) is 0 Å². The number of rotatable bonds is 8. The van der Waals surface area contributed by atoms with E-state index in [9.17, 15) is 0 Å². The van der Waals surface area contributed by atoms with Crippen molar-refractivity contribution in [1.29, 1.82) is 0 Å². The lowest BCUT2D eigenvalue weighted by Crippen LogP contribution is -2.38. The summed E-state index contributed by atoms with van der Waals surface area (Å²) in [5.41, 5.74) is 2.67. The number of halogens is 1. The Labute approximate surface area is 171 Å². The van der Waals surface area contributed by atoms with E-state index in [1.165, 1.54) is 11.1 Å². The second-order valence-corrected chi connectivity index (χ2v) is 6.57. The van der Waals surface area contributed by atoms with Crippen molar-refractivity contribution < 1.29 is 0 Å². The molecule has 0 atom stereocenters. The minimum Gasteiger partial charge on any atom is -0.357 e. The summed E-state index contributed by atoms with van der Waals surface area (Å²) in [5, 5.41) is 10.7. The predicted molar refractivity (Wildman–Crippen MR) is 117 cm³/mol. The highest BCUT2D eigenvalue weighted by molar-refractivity contribution is 14.0. The third-order valence-corrected chi connectivity index (χ3v) is 4.49. The molecule has 0 bridgehead atoms. The molecular weight excluding hydrogens is 447 g/mol. The maximum atomic E-state index is 4.54. The van der Waals surface area contributed by atoms with E-state index in [0.29, 0.717) is 6.54 Å². The van der Waals surface area contributed by atoms with Gasteiger partial charge in [0.25, 0.3) is 0 Å². The SMILES string of the molecule is CCNC(=NCc1ncnn1C)NCCSCc1ccc(C)cc1.I. The molecule has 8 heteroatoms. The summed E-state index contributed by atoms with van der Waals surface area (Å²) in [6, 6.07) is 8.72. The molecule has 0 unspecified atom stereocenters. The van der Waals surface area contributed by atoms with E-state index in [-0.39, 0.29) is 24.0 Å². The van der Waals surface area contributed by atoms with E-state index in [4.69, 9.17) is 0 Å². The molecule has 25 heavy (non-hydrogen) atoms. The molecular formula is C17H27IN6S. The van der Waals surface area contributed by atoms with Crippen LogP contribution in [0.25, 0.3) is 0 Å². The molecule has 2 rings (SSSR count). The van der Waals surface area contributed by atoms with Crippen molar-refractivity contribution in [3.63, 3.8) is 0 Å². The molecule has 0 saturated heterocycles. The zero-order chi connectivity index (χ0) is 17.2. The summed E-state index contributed by atoms with van der Waals surface area (Å²) in [5.74, 6) is 3.73. The van der Waals surface area contributed by atoms with Gasteiger partial charge >= 0.3 is 0 Å². The number of aliphatic imine (C=N–C) groups is 1. The monoisotopic (exact) mass is 474 g/mol. The summed E-state index contributed by atoms with van der Waals surface area (Å²) in [6.45, 7) is 6.40. The smallest absolute Gasteiger partial charge is 0.191 e. The molecule has 6 nitrogen and oxygen atoms in total. The van der Waals surface area contributed by atoms with E-state index < -0.39 is 0 Å². The summed E-state index contributed by atoms with van der Waals surface area (Å²) in [4.78, 5) is 8.73. The lowest BCUT2D eigenvalue weighted by Gasteiger charge is -2.11. The average Bonchev–Trinajstić information content (AvgIpc) is 2.99. The maximum absolute atomic E-state index is 4.54. The Balaban J connectivity index is 0.00000312. The number of benzene rings is 1. The molecule has 0 amide bonds. The van der Waals surface area contributed by atoms with Crippen LogP contribution in [0.2, 0.25) is 0 Å². The number of nitrogens with zero attached hydrogens (tertiary/aromatic N) is 4. The minimum absolute atomic E-state index is 0. The van der Waals surface area contributed by atoms with Gasteiger partial charge in [-0.05, 0) is 19.4 Å². The number of aromatic nitrogens is 3. The fourth-order valence-electron chi connectivity index (χ4n) is 2.07. The Bertz CT molecular complexity index is 641. The van der Waals surface area contributed by atoms with Crippen LogP contribution in [0.1, 0.15) is 23.9 Å². The minimum atomic E-state index is 0. The molecule has 138 valence electrons. The van der Waals surface area contributed by atoms with Crippen LogP contribution in [0.3, 0.4) is 0 Å². The van der Waals surface area contributed by atoms with Gasteiger partial charge in [-0.2, -0.15) is 16.9 Å². The standard InChI is InChI=1S/C17H26N6S.HI/c1-4-18-17(20-11-16-21-13-22-23(16)3)19-9-10-24-12-15-7-5-14(2)6-8-15;/h5-8,13H,4,9-12H2,1-3H3,(H2,18,19,20);1H. The van der Waals surface area contributed by atoms with Gasteiger partial charge in [0.2, 0.25) is 0 Å². The maximum Gasteiger partial charge on any atom is 0.191 e. The fraction of sp³-hybridized carbons (Fsp3) is 0.471. The van der Waals surface area contributed by atoms with Crippen LogP contribution in [0.5, 0.6) is 0 Å². The molecule has 1 aromatic carbocycles. The molecule has 0 aliphatic heterocycles. The van der Waals surface area contributed by atoms with Crippen molar-refractivity contribution in [1.82, 2.24) is 25.4 Å². The van der Waals surface area contributed by atoms with Gasteiger partial charge in [0.15, 0.2) is 5.96 Å². The summed E-state index contributed by atoms with van der Waals surface area (Å²) < 4.78 is 1.74. The van der Waals surface area contributed by atoms with Gasteiger partial charge in [-0.15, -0.1) is 24.0 Å². The average molecular weight is 474 g/mol. The molecule has 2 N–H and O–H groups in total. The lowest BCUT2D eigenvalue weighted by atomic mass is 10.2. The van der Waals surface area contributed by atoms with Gasteiger partial charge in [-0.1, -0.05) is 29.8 Å². The lowest BCUT2D eigenvalue weighted by molar-refractivity contribution is 0.698. The highest BCUT2D eigenvalue weighted by atomic mass is 127. The number of nitrogens with one attached hydrogen (secondary N) is 2. The third-order valence-electron chi connectivity index (χ3n) is 3.46. The van der Waals surface area contributed by atoms with E-state index in [2.05, 4.69) is 63.8 Å². The normalized spacial score (nSPS) is 11.1. The molecule has 0 radical (unpaired) electrons. The molecule has 0 aliphatic rings. The van der Waals surface area contributed by atoms with E-state index in [1.54, 1.807) is 11.0 Å². The zero-order valence-electron chi connectivity index (χ0n) is 15.0. The van der Waals surface area contributed by atoms with Crippen molar-refractivity contribution >= 4 is 41.7 Å². The van der Waals surface area contributed by atoms with E-state index in [1.807, 2.05) is 18.8 Å². The quantitative estimate of drug-likeness (QED) is 0.267. The van der Waals surface area contributed by atoms with Gasteiger partial charge in [-0.25, -0.2) is 9.98 Å². The molecule has 0 aliphatic carbocycles. The Morgan fingerprint density at radius 2 is 2.00 bits per heavy atom. The number of hydrogen-bond acceptors (Lipinski definition) is 4. The van der Waals surface area contributed by atoms with E-state index in [0.717, 1.165) is 36.4 Å². The molecule has 0 saturated carbocycles. The van der Waals surface area contributed by atoms with Gasteiger partial charge in [0, 0.05) is 31.6 Å². The van der Waals surface area contributed by atoms with Crippen LogP contribution >= 0.6 is 35.7 Å². The van der Waals surface area contributed by atoms with Gasteiger partial charge < -0.3 is 10.6 Å². The largest absolute Gasteiger partial charge is 0.357 e. The Morgan fingerprint density at radius 1 is 1.24 bits per heavy atom. The summed E-state index contributed by atoms with van der Waals surface area (Å²) >= 11 is 1.92. The summed E-state index contributed by atoms with van der Waals surface area (Å²) in [6.07, 6.45) is 1.55. The number of thioether (sulfide) groups is 1. The molecule has 0 spiro atoms. The third kappa shape index (κ3) is 8.08. The number of hydrogen-bond donors (Lipinski definition) is 2. The molecule has 1 aromatic heterocycles. The van der Waals surface area contributed by atoms with Crippen LogP contribution in [-0.4, -0.2) is 39.6 Å². The van der Waals surface area contributed by atoms with Crippen LogP contribution in [0.15, 0.2) is 35.6 Å². The zero-order valence-corrected chi connectivity index (χ0v) is 18.2. The van der Waals surface area contributed by atoms with Crippen LogP contribution in [0.4, 0.5) is 0 Å². The molecule has 2 aromatic rings. The van der Waals surface area contributed by atoms with Gasteiger partial charge in [-0.3, -0.25) is 4.68 Å². The van der Waals surface area contributed by atoms with Crippen LogP contribution in [-0.2, 0) is 19.3 Å². The van der Waals surface area contributed by atoms with Crippen molar-refractivity contribution in [2.24, 2.45) is 12.0 Å². The van der Waals surface area contributed by atoms with Gasteiger partial charge in [0.05, 0.1) is 0 Å². The van der Waals surface area contributed by atoms with Crippen molar-refractivity contribution in [3.05, 3.63) is 47.5 Å².